The Labute approximate surface area is 116 Å². The Kier molecular flexibility index (Phi) is 4.47. The Bertz CT molecular complexity index is 482. The van der Waals surface area contributed by atoms with E-state index in [-0.39, 0.29) is 18.9 Å². The summed E-state index contributed by atoms with van der Waals surface area (Å²) in [6.45, 7) is 6.39. The van der Waals surface area contributed by atoms with E-state index in [1.165, 1.54) is 22.4 Å². The number of rotatable bonds is 1. The monoisotopic (exact) mass is 272 g/mol. The van der Waals surface area contributed by atoms with Gasteiger partial charge in [-0.2, -0.15) is 0 Å². The summed E-state index contributed by atoms with van der Waals surface area (Å²) in [5.74, 6) is 0. The quantitative estimate of drug-likeness (QED) is 0.583. The summed E-state index contributed by atoms with van der Waals surface area (Å²) in [5, 5.41) is 0. The summed E-state index contributed by atoms with van der Waals surface area (Å²) in [6.07, 6.45) is 3.79. The zero-order valence-corrected chi connectivity index (χ0v) is 11.8. The van der Waals surface area contributed by atoms with E-state index in [0.29, 0.717) is 0 Å². The molecule has 0 radical (unpaired) electrons. The summed E-state index contributed by atoms with van der Waals surface area (Å²) in [5.41, 5.74) is 5.09. The second kappa shape index (κ2) is 5.25. The first-order valence-corrected chi connectivity index (χ1v) is 5.74. The smallest absolute Gasteiger partial charge is 1.00 e. The predicted molar refractivity (Wildman–Crippen MR) is 63.2 cm³/mol. The predicted octanol–water partition coefficient (Wildman–Crippen LogP) is -1.40. The third-order valence-corrected chi connectivity index (χ3v) is 3.12. The van der Waals surface area contributed by atoms with Crippen LogP contribution in [0.4, 0.5) is 0 Å². The molecule has 2 rings (SSSR count). The van der Waals surface area contributed by atoms with Crippen LogP contribution in [0.3, 0.4) is 0 Å². The van der Waals surface area contributed by atoms with Gasteiger partial charge in [-0.1, -0.05) is 0 Å². The van der Waals surface area contributed by atoms with Crippen molar-refractivity contribution < 1.29 is 18.9 Å². The molecule has 16 heavy (non-hydrogen) atoms. The maximum atomic E-state index is 4.21. The standard InChI is InChI=1S/C12H14N2Se.Li/c1-8-6-9(2)11(10(3)7-8)14-5-4-13-12(14)15;/h4-7H,1-3H3,(H,13,15);/q;+1/p-1. The van der Waals surface area contributed by atoms with Crippen LogP contribution in [-0.4, -0.2) is 25.6 Å². The first-order valence-electron chi connectivity index (χ1n) is 4.88. The van der Waals surface area contributed by atoms with E-state index in [1.807, 2.05) is 12.4 Å². The van der Waals surface area contributed by atoms with Crippen LogP contribution in [0.2, 0.25) is 0 Å². The minimum Gasteiger partial charge on any atom is 1.00 e. The average Bonchev–Trinajstić information content (AvgIpc) is 2.50. The van der Waals surface area contributed by atoms with Crippen LogP contribution in [0, 0.1) is 20.8 Å². The van der Waals surface area contributed by atoms with Crippen molar-refractivity contribution in [2.75, 3.05) is 0 Å². The minimum atomic E-state index is 0. The van der Waals surface area contributed by atoms with Crippen molar-refractivity contribution in [3.8, 4) is 5.69 Å². The van der Waals surface area contributed by atoms with Gasteiger partial charge in [-0.05, 0) is 0 Å². The second-order valence-corrected chi connectivity index (χ2v) is 4.59. The molecule has 0 unspecified atom stereocenters. The van der Waals surface area contributed by atoms with Crippen molar-refractivity contribution in [2.45, 2.75) is 20.8 Å². The number of aromatic nitrogens is 2. The molecule has 1 aromatic heterocycles. The molecule has 0 atom stereocenters. The largest absolute Gasteiger partial charge is 1.00 e. The van der Waals surface area contributed by atoms with E-state index >= 15 is 0 Å². The molecule has 1 aromatic carbocycles. The van der Waals surface area contributed by atoms with Crippen LogP contribution in [0.5, 0.6) is 0 Å². The van der Waals surface area contributed by atoms with Gasteiger partial charge in [0.25, 0.3) is 0 Å². The molecule has 0 spiro atoms. The van der Waals surface area contributed by atoms with Gasteiger partial charge in [0.2, 0.25) is 0 Å². The number of nitrogens with zero attached hydrogens (tertiary/aromatic N) is 2. The summed E-state index contributed by atoms with van der Waals surface area (Å²) < 4.78 is 2.99. The second-order valence-electron chi connectivity index (χ2n) is 3.83. The number of aryl methyl sites for hydroxylation is 3. The maximum absolute atomic E-state index is 4.21. The number of benzene rings is 1. The molecule has 0 amide bonds. The fraction of sp³-hybridized carbons (Fsp3) is 0.250. The summed E-state index contributed by atoms with van der Waals surface area (Å²) in [4.78, 5) is 4.21. The van der Waals surface area contributed by atoms with Gasteiger partial charge in [-0.3, -0.25) is 0 Å². The fourth-order valence-electron chi connectivity index (χ4n) is 2.01. The van der Waals surface area contributed by atoms with Gasteiger partial charge in [0.15, 0.2) is 0 Å². The van der Waals surface area contributed by atoms with Crippen molar-refractivity contribution in [3.63, 3.8) is 0 Å². The SMILES string of the molecule is Cc1cc(C)c(-n2ccnc2[Se-])c(C)c1.[Li+]. The topological polar surface area (TPSA) is 17.8 Å². The number of hydrogen-bond donors (Lipinski definition) is 0. The Balaban J connectivity index is 0.00000128. The molecule has 0 N–H and O–H groups in total. The molecule has 78 valence electrons. The maximum Gasteiger partial charge on any atom is 1.00 e. The van der Waals surface area contributed by atoms with E-state index in [4.69, 9.17) is 0 Å². The van der Waals surface area contributed by atoms with Crippen molar-refractivity contribution in [3.05, 3.63) is 41.2 Å². The average molecular weight is 271 g/mol. The fourth-order valence-corrected chi connectivity index (χ4v) is 2.46. The van der Waals surface area contributed by atoms with Crippen LogP contribution in [-0.2, 0) is 0 Å². The normalized spacial score (nSPS) is 9.94. The van der Waals surface area contributed by atoms with E-state index in [0.717, 1.165) is 4.72 Å². The van der Waals surface area contributed by atoms with Gasteiger partial charge in [-0.15, -0.1) is 0 Å². The van der Waals surface area contributed by atoms with E-state index in [1.54, 1.807) is 0 Å². The van der Waals surface area contributed by atoms with Gasteiger partial charge in [0.05, 0.1) is 0 Å². The zero-order chi connectivity index (χ0) is 11.0. The molecule has 0 saturated carbocycles. The molecule has 1 heterocycles. The van der Waals surface area contributed by atoms with Crippen LogP contribution in [0.25, 0.3) is 5.69 Å². The van der Waals surface area contributed by atoms with Gasteiger partial charge in [0, 0.05) is 0 Å². The molecule has 0 aliphatic rings. The van der Waals surface area contributed by atoms with Crippen molar-refractivity contribution in [2.24, 2.45) is 0 Å². The molecule has 2 nitrogen and oxygen atoms in total. The Hall–Kier alpha value is -0.453. The van der Waals surface area contributed by atoms with E-state index < -0.39 is 0 Å². The van der Waals surface area contributed by atoms with Gasteiger partial charge in [0.1, 0.15) is 0 Å². The Morgan fingerprint density at radius 3 is 2.12 bits per heavy atom. The van der Waals surface area contributed by atoms with Gasteiger partial charge in [-0.25, -0.2) is 0 Å². The molecule has 0 fully saturated rings. The van der Waals surface area contributed by atoms with Crippen molar-refractivity contribution in [1.82, 2.24) is 9.55 Å². The Morgan fingerprint density at radius 1 is 1.12 bits per heavy atom. The zero-order valence-electron chi connectivity index (χ0n) is 10.1. The molecular weight excluding hydrogens is 258 g/mol. The van der Waals surface area contributed by atoms with E-state index in [2.05, 4.69) is 58.5 Å². The number of imidazole rings is 1. The molecule has 2 aromatic rings. The van der Waals surface area contributed by atoms with Crippen molar-refractivity contribution >= 4 is 20.7 Å². The molecule has 4 heteroatoms. The molecule has 0 aliphatic heterocycles. The van der Waals surface area contributed by atoms with Crippen LogP contribution >= 0.6 is 0 Å². The summed E-state index contributed by atoms with van der Waals surface area (Å²) in [6, 6.07) is 4.39. The molecule has 0 bridgehead atoms. The third kappa shape index (κ3) is 2.44. The Morgan fingerprint density at radius 2 is 1.69 bits per heavy atom. The summed E-state index contributed by atoms with van der Waals surface area (Å²) >= 11 is 2.97. The van der Waals surface area contributed by atoms with Gasteiger partial charge < -0.3 is 0 Å². The first-order chi connectivity index (χ1) is 7.09. The number of hydrogen-bond acceptors (Lipinski definition) is 1. The molecular formula is C12H13LiN2Se. The van der Waals surface area contributed by atoms with E-state index in [9.17, 15) is 0 Å². The van der Waals surface area contributed by atoms with Crippen molar-refractivity contribution in [1.29, 1.82) is 0 Å². The van der Waals surface area contributed by atoms with Crippen LogP contribution in [0.1, 0.15) is 16.7 Å². The van der Waals surface area contributed by atoms with Gasteiger partial charge >= 0.3 is 117 Å². The van der Waals surface area contributed by atoms with Crippen LogP contribution < -0.4 is 23.6 Å². The van der Waals surface area contributed by atoms with Crippen LogP contribution in [0.15, 0.2) is 24.5 Å². The first kappa shape index (κ1) is 13.6. The summed E-state index contributed by atoms with van der Waals surface area (Å²) in [7, 11) is 0. The molecule has 0 aliphatic carbocycles. The minimum absolute atomic E-state index is 0. The molecule has 0 saturated heterocycles. The third-order valence-electron chi connectivity index (χ3n) is 2.48.